The van der Waals surface area contributed by atoms with E-state index in [-0.39, 0.29) is 23.5 Å². The molecular formula is C24H25F4N5O. The maximum Gasteiger partial charge on any atom is 0.417 e. The van der Waals surface area contributed by atoms with Crippen molar-refractivity contribution in [3.05, 3.63) is 77.0 Å². The summed E-state index contributed by atoms with van der Waals surface area (Å²) >= 11 is 0. The summed E-state index contributed by atoms with van der Waals surface area (Å²) in [6.07, 6.45) is -2.27. The van der Waals surface area contributed by atoms with Gasteiger partial charge in [-0.1, -0.05) is 32.0 Å². The second kappa shape index (κ2) is 9.54. The fourth-order valence-electron chi connectivity index (χ4n) is 4.09. The van der Waals surface area contributed by atoms with Gasteiger partial charge in [0.2, 0.25) is 0 Å². The van der Waals surface area contributed by atoms with Gasteiger partial charge in [-0.25, -0.2) is 14.1 Å². The second-order valence-electron chi connectivity index (χ2n) is 8.57. The number of alkyl halides is 3. The average Bonchev–Trinajstić information content (AvgIpc) is 3.26. The molecule has 1 fully saturated rings. The lowest BCUT2D eigenvalue weighted by molar-refractivity contribution is -0.137. The Balaban J connectivity index is 1.49. The number of benzene rings is 1. The van der Waals surface area contributed by atoms with Gasteiger partial charge < -0.3 is 4.90 Å². The molecule has 4 rings (SSSR count). The Kier molecular flexibility index (Phi) is 6.70. The first-order chi connectivity index (χ1) is 16.1. The molecule has 1 aliphatic rings. The van der Waals surface area contributed by atoms with Crippen molar-refractivity contribution >= 4 is 5.91 Å². The Hall–Kier alpha value is -3.27. The lowest BCUT2D eigenvalue weighted by atomic mass is 10.0. The lowest BCUT2D eigenvalue weighted by Crippen LogP contribution is -2.48. The number of halogens is 4. The first-order valence-corrected chi connectivity index (χ1v) is 11.0. The maximum atomic E-state index is 14.0. The van der Waals surface area contributed by atoms with Crippen LogP contribution < -0.4 is 0 Å². The summed E-state index contributed by atoms with van der Waals surface area (Å²) in [6.45, 7) is 6.42. The summed E-state index contributed by atoms with van der Waals surface area (Å²) in [6, 6.07) is 8.84. The molecule has 2 aromatic heterocycles. The number of pyridine rings is 1. The minimum atomic E-state index is -4.48. The van der Waals surface area contributed by atoms with Crippen LogP contribution in [-0.4, -0.2) is 56.7 Å². The lowest BCUT2D eigenvalue weighted by Gasteiger charge is -2.35. The van der Waals surface area contributed by atoms with Crippen molar-refractivity contribution in [2.45, 2.75) is 32.5 Å². The molecule has 0 spiro atoms. The predicted octanol–water partition coefficient (Wildman–Crippen LogP) is 4.51. The van der Waals surface area contributed by atoms with Crippen LogP contribution in [0.25, 0.3) is 5.82 Å². The summed E-state index contributed by atoms with van der Waals surface area (Å²) in [5, 5.41) is 4.27. The molecule has 0 unspecified atom stereocenters. The number of carbonyl (C=O) groups is 1. The van der Waals surface area contributed by atoms with Gasteiger partial charge in [0.15, 0.2) is 5.82 Å². The van der Waals surface area contributed by atoms with Gasteiger partial charge in [-0.3, -0.25) is 9.69 Å². The van der Waals surface area contributed by atoms with E-state index in [0.717, 1.165) is 12.3 Å². The van der Waals surface area contributed by atoms with E-state index in [1.807, 2.05) is 13.8 Å². The topological polar surface area (TPSA) is 54.3 Å². The number of nitrogens with zero attached hydrogens (tertiary/aromatic N) is 5. The molecule has 1 aromatic carbocycles. The van der Waals surface area contributed by atoms with Crippen LogP contribution in [0.15, 0.2) is 48.8 Å². The average molecular weight is 475 g/mol. The molecule has 10 heteroatoms. The highest BCUT2D eigenvalue weighted by Crippen LogP contribution is 2.30. The Bertz CT molecular complexity index is 1150. The van der Waals surface area contributed by atoms with Crippen molar-refractivity contribution in [1.29, 1.82) is 0 Å². The van der Waals surface area contributed by atoms with E-state index in [1.54, 1.807) is 23.1 Å². The highest BCUT2D eigenvalue weighted by Gasteiger charge is 2.31. The van der Waals surface area contributed by atoms with Crippen LogP contribution in [0.3, 0.4) is 0 Å². The highest BCUT2D eigenvalue weighted by atomic mass is 19.4. The molecule has 0 saturated carbocycles. The van der Waals surface area contributed by atoms with Gasteiger partial charge in [-0.15, -0.1) is 0 Å². The van der Waals surface area contributed by atoms with Crippen LogP contribution in [0.1, 0.15) is 46.9 Å². The van der Waals surface area contributed by atoms with Crippen LogP contribution in [0, 0.1) is 5.82 Å². The number of amides is 1. The minimum absolute atomic E-state index is 0.118. The van der Waals surface area contributed by atoms with Gasteiger partial charge in [0.1, 0.15) is 5.82 Å². The van der Waals surface area contributed by atoms with Crippen molar-refractivity contribution in [3.8, 4) is 5.82 Å². The minimum Gasteiger partial charge on any atom is -0.336 e. The normalized spacial score (nSPS) is 15.2. The third-order valence-electron chi connectivity index (χ3n) is 5.89. The zero-order valence-electron chi connectivity index (χ0n) is 18.9. The van der Waals surface area contributed by atoms with Gasteiger partial charge in [0, 0.05) is 44.5 Å². The van der Waals surface area contributed by atoms with Crippen molar-refractivity contribution in [3.63, 3.8) is 0 Å². The molecule has 3 heterocycles. The molecule has 0 atom stereocenters. The summed E-state index contributed by atoms with van der Waals surface area (Å²) < 4.78 is 54.0. The van der Waals surface area contributed by atoms with Crippen molar-refractivity contribution in [2.24, 2.45) is 0 Å². The van der Waals surface area contributed by atoms with Gasteiger partial charge in [0.25, 0.3) is 5.91 Å². The molecule has 3 aromatic rings. The van der Waals surface area contributed by atoms with E-state index in [1.165, 1.54) is 23.0 Å². The molecule has 0 bridgehead atoms. The molecular weight excluding hydrogens is 450 g/mol. The predicted molar refractivity (Wildman–Crippen MR) is 118 cm³/mol. The van der Waals surface area contributed by atoms with Crippen molar-refractivity contribution in [2.75, 3.05) is 26.2 Å². The van der Waals surface area contributed by atoms with E-state index >= 15 is 0 Å². The molecule has 0 aliphatic carbocycles. The number of piperazine rings is 1. The van der Waals surface area contributed by atoms with Crippen LogP contribution in [0.2, 0.25) is 0 Å². The number of hydrogen-bond donors (Lipinski definition) is 0. The van der Waals surface area contributed by atoms with E-state index in [9.17, 15) is 22.4 Å². The fourth-order valence-corrected chi connectivity index (χ4v) is 4.09. The molecule has 34 heavy (non-hydrogen) atoms. The number of hydrogen-bond acceptors (Lipinski definition) is 4. The standard InChI is InChI=1S/C24H25F4N5O/c1-16(2)22-19(14-30-33(22)21-8-7-18(13-29-21)24(26,27)28)23(34)32-11-9-31(10-12-32)15-17-5-3-4-6-20(17)25/h3-8,13-14,16H,9-12,15H2,1-2H3. The SMILES string of the molecule is CC(C)c1c(C(=O)N2CCN(Cc3ccccc3F)CC2)cnn1-c1ccc(C(F)(F)F)cn1. The molecule has 1 aliphatic heterocycles. The molecule has 1 saturated heterocycles. The number of carbonyl (C=O) groups excluding carboxylic acids is 1. The summed E-state index contributed by atoms with van der Waals surface area (Å²) in [4.78, 5) is 21.0. The highest BCUT2D eigenvalue weighted by molar-refractivity contribution is 5.95. The molecule has 0 radical (unpaired) electrons. The van der Waals surface area contributed by atoms with Crippen LogP contribution in [0.5, 0.6) is 0 Å². The third-order valence-corrected chi connectivity index (χ3v) is 5.89. The summed E-state index contributed by atoms with van der Waals surface area (Å²) in [5.41, 5.74) is 0.763. The summed E-state index contributed by atoms with van der Waals surface area (Å²) in [7, 11) is 0. The monoisotopic (exact) mass is 475 g/mol. The summed E-state index contributed by atoms with van der Waals surface area (Å²) in [5.74, 6) is -0.336. The molecule has 180 valence electrons. The Morgan fingerprint density at radius 3 is 2.32 bits per heavy atom. The molecule has 0 N–H and O–H groups in total. The van der Waals surface area contributed by atoms with E-state index in [0.29, 0.717) is 49.5 Å². The Morgan fingerprint density at radius 2 is 1.74 bits per heavy atom. The van der Waals surface area contributed by atoms with Crippen LogP contribution >= 0.6 is 0 Å². The second-order valence-corrected chi connectivity index (χ2v) is 8.57. The van der Waals surface area contributed by atoms with E-state index < -0.39 is 11.7 Å². The Labute approximate surface area is 194 Å². The van der Waals surface area contributed by atoms with Crippen LogP contribution in [0.4, 0.5) is 17.6 Å². The number of aromatic nitrogens is 3. The van der Waals surface area contributed by atoms with Crippen molar-refractivity contribution in [1.82, 2.24) is 24.6 Å². The van der Waals surface area contributed by atoms with E-state index in [2.05, 4.69) is 15.0 Å². The van der Waals surface area contributed by atoms with Gasteiger partial charge in [-0.05, 0) is 24.1 Å². The van der Waals surface area contributed by atoms with Gasteiger partial charge in [0.05, 0.1) is 23.0 Å². The zero-order valence-corrected chi connectivity index (χ0v) is 18.9. The number of rotatable bonds is 5. The maximum absolute atomic E-state index is 14.0. The van der Waals surface area contributed by atoms with Crippen molar-refractivity contribution < 1.29 is 22.4 Å². The van der Waals surface area contributed by atoms with Crippen LogP contribution in [-0.2, 0) is 12.7 Å². The fraction of sp³-hybridized carbons (Fsp3) is 0.375. The largest absolute Gasteiger partial charge is 0.417 e. The smallest absolute Gasteiger partial charge is 0.336 e. The Morgan fingerprint density at radius 1 is 1.03 bits per heavy atom. The van der Waals surface area contributed by atoms with Gasteiger partial charge >= 0.3 is 6.18 Å². The molecule has 1 amide bonds. The first-order valence-electron chi connectivity index (χ1n) is 11.0. The third kappa shape index (κ3) is 4.96. The first kappa shape index (κ1) is 23.9. The zero-order chi connectivity index (χ0) is 24.5. The van der Waals surface area contributed by atoms with E-state index in [4.69, 9.17) is 0 Å². The van der Waals surface area contributed by atoms with Gasteiger partial charge in [-0.2, -0.15) is 18.3 Å². The molecule has 6 nitrogen and oxygen atoms in total. The quantitative estimate of drug-likeness (QED) is 0.510.